The zero-order chi connectivity index (χ0) is 13.7. The molecular formula is C16H18BrNO. The summed E-state index contributed by atoms with van der Waals surface area (Å²) in [6.07, 6.45) is 1.75. The van der Waals surface area contributed by atoms with Gasteiger partial charge in [0, 0.05) is 6.04 Å². The van der Waals surface area contributed by atoms with Crippen molar-refractivity contribution >= 4 is 15.9 Å². The maximum absolute atomic E-state index is 6.21. The van der Waals surface area contributed by atoms with E-state index in [0.29, 0.717) is 0 Å². The molecule has 0 aliphatic rings. The van der Waals surface area contributed by atoms with Crippen molar-refractivity contribution in [3.8, 4) is 5.75 Å². The third kappa shape index (κ3) is 4.08. The molecule has 0 spiro atoms. The average Bonchev–Trinajstić information content (AvgIpc) is 2.40. The highest BCUT2D eigenvalue weighted by Crippen LogP contribution is 2.26. The SMILES string of the molecule is COc1ccc(CC(N)Cc2ccccc2)cc1Br. The van der Waals surface area contributed by atoms with E-state index in [1.165, 1.54) is 11.1 Å². The van der Waals surface area contributed by atoms with Crippen LogP contribution in [-0.4, -0.2) is 13.2 Å². The van der Waals surface area contributed by atoms with Crippen LogP contribution in [0, 0.1) is 0 Å². The molecule has 2 N–H and O–H groups in total. The summed E-state index contributed by atoms with van der Waals surface area (Å²) in [5, 5.41) is 0. The fourth-order valence-corrected chi connectivity index (χ4v) is 2.72. The Balaban J connectivity index is 1.99. The van der Waals surface area contributed by atoms with Crippen molar-refractivity contribution in [2.75, 3.05) is 7.11 Å². The summed E-state index contributed by atoms with van der Waals surface area (Å²) in [4.78, 5) is 0. The van der Waals surface area contributed by atoms with Crippen LogP contribution >= 0.6 is 15.9 Å². The number of nitrogens with two attached hydrogens (primary N) is 1. The van der Waals surface area contributed by atoms with Gasteiger partial charge in [-0.25, -0.2) is 0 Å². The first-order chi connectivity index (χ1) is 9.19. The topological polar surface area (TPSA) is 35.2 Å². The molecule has 1 unspecified atom stereocenters. The molecule has 0 amide bonds. The molecule has 0 fully saturated rings. The number of halogens is 1. The molecular weight excluding hydrogens is 302 g/mol. The number of rotatable bonds is 5. The van der Waals surface area contributed by atoms with E-state index < -0.39 is 0 Å². The second kappa shape index (κ2) is 6.73. The second-order valence-electron chi connectivity index (χ2n) is 4.62. The van der Waals surface area contributed by atoms with Gasteiger partial charge in [-0.1, -0.05) is 36.4 Å². The van der Waals surface area contributed by atoms with Gasteiger partial charge in [0.2, 0.25) is 0 Å². The van der Waals surface area contributed by atoms with Crippen molar-refractivity contribution in [3.63, 3.8) is 0 Å². The third-order valence-corrected chi connectivity index (χ3v) is 3.67. The van der Waals surface area contributed by atoms with Crippen molar-refractivity contribution in [1.29, 1.82) is 0 Å². The van der Waals surface area contributed by atoms with Crippen LogP contribution in [0.15, 0.2) is 53.0 Å². The summed E-state index contributed by atoms with van der Waals surface area (Å²) in [5.41, 5.74) is 8.71. The Morgan fingerprint density at radius 3 is 2.37 bits per heavy atom. The van der Waals surface area contributed by atoms with E-state index in [4.69, 9.17) is 10.5 Å². The lowest BCUT2D eigenvalue weighted by Gasteiger charge is -2.13. The number of benzene rings is 2. The van der Waals surface area contributed by atoms with Gasteiger partial charge in [-0.15, -0.1) is 0 Å². The quantitative estimate of drug-likeness (QED) is 0.914. The molecule has 2 aromatic carbocycles. The maximum atomic E-state index is 6.21. The zero-order valence-corrected chi connectivity index (χ0v) is 12.6. The van der Waals surface area contributed by atoms with Crippen LogP contribution in [0.2, 0.25) is 0 Å². The highest BCUT2D eigenvalue weighted by Gasteiger charge is 2.07. The normalized spacial score (nSPS) is 12.2. The third-order valence-electron chi connectivity index (χ3n) is 3.05. The number of hydrogen-bond acceptors (Lipinski definition) is 2. The molecule has 0 aliphatic carbocycles. The van der Waals surface area contributed by atoms with E-state index in [9.17, 15) is 0 Å². The van der Waals surface area contributed by atoms with Crippen molar-refractivity contribution in [3.05, 3.63) is 64.1 Å². The standard InChI is InChI=1S/C16H18BrNO/c1-19-16-8-7-13(11-15(16)17)10-14(18)9-12-5-3-2-4-6-12/h2-8,11,14H,9-10,18H2,1H3. The summed E-state index contributed by atoms with van der Waals surface area (Å²) in [6.45, 7) is 0. The number of ether oxygens (including phenoxy) is 1. The smallest absolute Gasteiger partial charge is 0.133 e. The van der Waals surface area contributed by atoms with Gasteiger partial charge in [0.25, 0.3) is 0 Å². The minimum atomic E-state index is 0.127. The predicted molar refractivity (Wildman–Crippen MR) is 82.5 cm³/mol. The van der Waals surface area contributed by atoms with E-state index in [1.54, 1.807) is 7.11 Å². The van der Waals surface area contributed by atoms with Gasteiger partial charge in [0.05, 0.1) is 11.6 Å². The van der Waals surface area contributed by atoms with E-state index in [2.05, 4.69) is 40.2 Å². The maximum Gasteiger partial charge on any atom is 0.133 e. The summed E-state index contributed by atoms with van der Waals surface area (Å²) >= 11 is 3.50. The Morgan fingerprint density at radius 1 is 1.05 bits per heavy atom. The van der Waals surface area contributed by atoms with Crippen molar-refractivity contribution in [2.24, 2.45) is 5.73 Å². The highest BCUT2D eigenvalue weighted by atomic mass is 79.9. The molecule has 0 radical (unpaired) electrons. The molecule has 0 saturated carbocycles. The average molecular weight is 320 g/mol. The fourth-order valence-electron chi connectivity index (χ4n) is 2.13. The molecule has 0 aromatic heterocycles. The second-order valence-corrected chi connectivity index (χ2v) is 5.48. The number of hydrogen-bond donors (Lipinski definition) is 1. The van der Waals surface area contributed by atoms with E-state index in [0.717, 1.165) is 23.1 Å². The lowest BCUT2D eigenvalue weighted by molar-refractivity contribution is 0.412. The van der Waals surface area contributed by atoms with Gasteiger partial charge < -0.3 is 10.5 Å². The molecule has 100 valence electrons. The molecule has 2 aromatic rings. The molecule has 19 heavy (non-hydrogen) atoms. The fraction of sp³-hybridized carbons (Fsp3) is 0.250. The van der Waals surface area contributed by atoms with Gasteiger partial charge in [-0.2, -0.15) is 0 Å². The molecule has 0 aliphatic heterocycles. The van der Waals surface area contributed by atoms with E-state index >= 15 is 0 Å². The Labute approximate surface area is 122 Å². The van der Waals surface area contributed by atoms with Gasteiger partial charge in [0.1, 0.15) is 5.75 Å². The van der Waals surface area contributed by atoms with E-state index in [1.807, 2.05) is 24.3 Å². The van der Waals surface area contributed by atoms with Crippen molar-refractivity contribution in [2.45, 2.75) is 18.9 Å². The first-order valence-electron chi connectivity index (χ1n) is 6.31. The van der Waals surface area contributed by atoms with Crippen LogP contribution in [0.1, 0.15) is 11.1 Å². The zero-order valence-electron chi connectivity index (χ0n) is 11.0. The van der Waals surface area contributed by atoms with Crippen LogP contribution in [0.3, 0.4) is 0 Å². The van der Waals surface area contributed by atoms with Crippen LogP contribution in [0.25, 0.3) is 0 Å². The molecule has 1 atom stereocenters. The van der Waals surface area contributed by atoms with Gasteiger partial charge in [-0.3, -0.25) is 0 Å². The minimum absolute atomic E-state index is 0.127. The first kappa shape index (κ1) is 14.1. The molecule has 0 saturated heterocycles. The summed E-state index contributed by atoms with van der Waals surface area (Å²) in [5.74, 6) is 0.848. The predicted octanol–water partition coefficient (Wildman–Crippen LogP) is 3.57. The Morgan fingerprint density at radius 2 is 1.74 bits per heavy atom. The Hall–Kier alpha value is -1.32. The van der Waals surface area contributed by atoms with Crippen LogP contribution in [-0.2, 0) is 12.8 Å². The lowest BCUT2D eigenvalue weighted by atomic mass is 10.00. The highest BCUT2D eigenvalue weighted by molar-refractivity contribution is 9.10. The summed E-state index contributed by atoms with van der Waals surface area (Å²) in [6, 6.07) is 16.6. The van der Waals surface area contributed by atoms with Gasteiger partial charge in [0.15, 0.2) is 0 Å². The largest absolute Gasteiger partial charge is 0.496 e. The van der Waals surface area contributed by atoms with Gasteiger partial charge in [-0.05, 0) is 52.0 Å². The van der Waals surface area contributed by atoms with Crippen LogP contribution in [0.4, 0.5) is 0 Å². The summed E-state index contributed by atoms with van der Waals surface area (Å²) < 4.78 is 6.19. The van der Waals surface area contributed by atoms with Crippen molar-refractivity contribution in [1.82, 2.24) is 0 Å². The molecule has 2 nitrogen and oxygen atoms in total. The molecule has 0 heterocycles. The van der Waals surface area contributed by atoms with Crippen LogP contribution in [0.5, 0.6) is 5.75 Å². The first-order valence-corrected chi connectivity index (χ1v) is 7.10. The minimum Gasteiger partial charge on any atom is -0.496 e. The van der Waals surface area contributed by atoms with Crippen LogP contribution < -0.4 is 10.5 Å². The molecule has 3 heteroatoms. The Kier molecular flexibility index (Phi) is 5.00. The molecule has 2 rings (SSSR count). The molecule has 0 bridgehead atoms. The number of methoxy groups -OCH3 is 1. The lowest BCUT2D eigenvalue weighted by Crippen LogP contribution is -2.25. The van der Waals surface area contributed by atoms with E-state index in [-0.39, 0.29) is 6.04 Å². The Bertz CT molecular complexity index is 528. The van der Waals surface area contributed by atoms with Crippen molar-refractivity contribution < 1.29 is 4.74 Å². The van der Waals surface area contributed by atoms with Gasteiger partial charge >= 0.3 is 0 Å². The summed E-state index contributed by atoms with van der Waals surface area (Å²) in [7, 11) is 1.67. The monoisotopic (exact) mass is 319 g/mol.